The van der Waals surface area contributed by atoms with E-state index in [1.54, 1.807) is 11.3 Å². The fourth-order valence-corrected chi connectivity index (χ4v) is 3.02. The molecule has 0 unspecified atom stereocenters. The Bertz CT molecular complexity index is 336. The number of ether oxygens (including phenoxy) is 1. The van der Waals surface area contributed by atoms with Gasteiger partial charge in [-0.1, -0.05) is 0 Å². The van der Waals surface area contributed by atoms with E-state index < -0.39 is 5.60 Å². The maximum absolute atomic E-state index is 10.2. The van der Waals surface area contributed by atoms with Crippen molar-refractivity contribution in [3.05, 3.63) is 20.8 Å². The van der Waals surface area contributed by atoms with E-state index in [0.717, 1.165) is 23.2 Å². The number of hydrogen-bond donors (Lipinski definition) is 2. The number of thiophene rings is 1. The van der Waals surface area contributed by atoms with Gasteiger partial charge in [-0.3, -0.25) is 0 Å². The Hall–Kier alpha value is 0.0600. The first-order chi connectivity index (χ1) is 7.68. The van der Waals surface area contributed by atoms with Gasteiger partial charge in [-0.2, -0.15) is 0 Å². The summed E-state index contributed by atoms with van der Waals surface area (Å²) in [6.45, 7) is 2.79. The highest BCUT2D eigenvalue weighted by atomic mass is 79.9. The van der Waals surface area contributed by atoms with Crippen LogP contribution in [-0.4, -0.2) is 30.5 Å². The zero-order valence-electron chi connectivity index (χ0n) is 9.04. The van der Waals surface area contributed by atoms with Crippen LogP contribution in [0.25, 0.3) is 0 Å². The summed E-state index contributed by atoms with van der Waals surface area (Å²) in [6, 6.07) is 2.10. The molecule has 0 aliphatic carbocycles. The number of hydrogen-bond acceptors (Lipinski definition) is 4. The van der Waals surface area contributed by atoms with E-state index in [2.05, 4.69) is 32.7 Å². The molecule has 2 N–H and O–H groups in total. The molecule has 16 heavy (non-hydrogen) atoms. The van der Waals surface area contributed by atoms with E-state index in [-0.39, 0.29) is 0 Å². The van der Waals surface area contributed by atoms with Crippen LogP contribution in [0.3, 0.4) is 0 Å². The summed E-state index contributed by atoms with van der Waals surface area (Å²) < 4.78 is 6.39. The van der Waals surface area contributed by atoms with Crippen LogP contribution >= 0.6 is 27.3 Å². The highest BCUT2D eigenvalue weighted by Gasteiger charge is 2.28. The first-order valence-corrected chi connectivity index (χ1v) is 7.09. The summed E-state index contributed by atoms with van der Waals surface area (Å²) in [6.07, 6.45) is 1.46. The van der Waals surface area contributed by atoms with Gasteiger partial charge in [0.05, 0.1) is 9.39 Å². The molecule has 1 aromatic heterocycles. The van der Waals surface area contributed by atoms with E-state index in [9.17, 15) is 5.11 Å². The van der Waals surface area contributed by atoms with Crippen molar-refractivity contribution >= 4 is 27.3 Å². The van der Waals surface area contributed by atoms with Gasteiger partial charge in [0, 0.05) is 39.1 Å². The Morgan fingerprint density at radius 2 is 2.25 bits per heavy atom. The normalized spacial score (nSPS) is 19.9. The van der Waals surface area contributed by atoms with Gasteiger partial charge in [-0.05, 0) is 32.9 Å². The number of nitrogens with one attached hydrogen (secondary N) is 1. The minimum atomic E-state index is -0.578. The topological polar surface area (TPSA) is 41.5 Å². The third kappa shape index (κ3) is 3.53. The average Bonchev–Trinajstić information content (AvgIpc) is 2.65. The molecule has 0 amide bonds. The molecule has 0 radical (unpaired) electrons. The molecule has 0 aromatic carbocycles. The Balaban J connectivity index is 1.74. The third-order valence-electron chi connectivity index (χ3n) is 2.83. The zero-order chi connectivity index (χ0) is 11.4. The van der Waals surface area contributed by atoms with Gasteiger partial charge in [0.25, 0.3) is 0 Å². The van der Waals surface area contributed by atoms with Gasteiger partial charge in [0.1, 0.15) is 0 Å². The molecule has 2 rings (SSSR count). The van der Waals surface area contributed by atoms with Crippen molar-refractivity contribution in [3.8, 4) is 0 Å². The molecule has 0 atom stereocenters. The van der Waals surface area contributed by atoms with Gasteiger partial charge in [-0.25, -0.2) is 0 Å². The third-order valence-corrected chi connectivity index (χ3v) is 4.38. The molecule has 3 nitrogen and oxygen atoms in total. The molecule has 1 aliphatic heterocycles. The van der Waals surface area contributed by atoms with Crippen LogP contribution in [0.2, 0.25) is 0 Å². The summed E-state index contributed by atoms with van der Waals surface area (Å²) in [5.74, 6) is 0. The molecule has 5 heteroatoms. The lowest BCUT2D eigenvalue weighted by Crippen LogP contribution is -2.44. The minimum Gasteiger partial charge on any atom is -0.388 e. The fraction of sp³-hybridized carbons (Fsp3) is 0.636. The Morgan fingerprint density at radius 1 is 1.50 bits per heavy atom. The van der Waals surface area contributed by atoms with Crippen molar-refractivity contribution in [1.82, 2.24) is 5.32 Å². The quantitative estimate of drug-likeness (QED) is 0.895. The minimum absolute atomic E-state index is 0.578. The largest absolute Gasteiger partial charge is 0.388 e. The highest BCUT2D eigenvalue weighted by Crippen LogP contribution is 2.22. The highest BCUT2D eigenvalue weighted by molar-refractivity contribution is 9.11. The number of aliphatic hydroxyl groups is 1. The second-order valence-electron chi connectivity index (χ2n) is 4.20. The molecule has 1 fully saturated rings. The second kappa shape index (κ2) is 5.60. The van der Waals surface area contributed by atoms with Crippen LogP contribution in [0.15, 0.2) is 15.2 Å². The van der Waals surface area contributed by atoms with Crippen molar-refractivity contribution < 1.29 is 9.84 Å². The summed E-state index contributed by atoms with van der Waals surface area (Å²) in [5, 5.41) is 15.6. The monoisotopic (exact) mass is 305 g/mol. The average molecular weight is 306 g/mol. The first-order valence-electron chi connectivity index (χ1n) is 5.42. The molecule has 1 aromatic rings. The van der Waals surface area contributed by atoms with Gasteiger partial charge in [-0.15, -0.1) is 11.3 Å². The molecule has 0 saturated carbocycles. The van der Waals surface area contributed by atoms with Crippen LogP contribution in [-0.2, 0) is 11.3 Å². The van der Waals surface area contributed by atoms with Crippen molar-refractivity contribution in [2.75, 3.05) is 19.8 Å². The van der Waals surface area contributed by atoms with Crippen LogP contribution in [0, 0.1) is 0 Å². The van der Waals surface area contributed by atoms with E-state index >= 15 is 0 Å². The van der Waals surface area contributed by atoms with Gasteiger partial charge in [0.2, 0.25) is 0 Å². The smallest absolute Gasteiger partial charge is 0.0815 e. The number of rotatable bonds is 4. The molecule has 0 bridgehead atoms. The van der Waals surface area contributed by atoms with Gasteiger partial charge >= 0.3 is 0 Å². The van der Waals surface area contributed by atoms with Crippen LogP contribution < -0.4 is 5.32 Å². The number of halogens is 1. The van der Waals surface area contributed by atoms with Crippen LogP contribution in [0.1, 0.15) is 18.4 Å². The summed E-state index contributed by atoms with van der Waals surface area (Å²) in [4.78, 5) is 0. The molecule has 1 saturated heterocycles. The van der Waals surface area contributed by atoms with Crippen molar-refractivity contribution in [2.24, 2.45) is 0 Å². The molecule has 1 aliphatic rings. The Kier molecular flexibility index (Phi) is 4.38. The fourth-order valence-electron chi connectivity index (χ4n) is 1.81. The molecule has 0 spiro atoms. The molecular formula is C11H16BrNO2S. The standard InChI is InChI=1S/C11H16BrNO2S/c12-10-5-9(7-16-10)6-13-8-11(14)1-3-15-4-2-11/h5,7,13-14H,1-4,6,8H2. The maximum atomic E-state index is 10.2. The van der Waals surface area contributed by atoms with E-state index in [1.807, 2.05) is 0 Å². The summed E-state index contributed by atoms with van der Waals surface area (Å²) in [7, 11) is 0. The van der Waals surface area contributed by atoms with Crippen molar-refractivity contribution in [1.29, 1.82) is 0 Å². The molecule has 90 valence electrons. The SMILES string of the molecule is OC1(CNCc2csc(Br)c2)CCOCC1. The van der Waals surface area contributed by atoms with Crippen LogP contribution in [0.4, 0.5) is 0 Å². The molecular weight excluding hydrogens is 290 g/mol. The summed E-state index contributed by atoms with van der Waals surface area (Å²) in [5.41, 5.74) is 0.679. The van der Waals surface area contributed by atoms with Crippen LogP contribution in [0.5, 0.6) is 0 Å². The van der Waals surface area contributed by atoms with E-state index in [1.165, 1.54) is 5.56 Å². The maximum Gasteiger partial charge on any atom is 0.0815 e. The van der Waals surface area contributed by atoms with Crippen molar-refractivity contribution in [3.63, 3.8) is 0 Å². The van der Waals surface area contributed by atoms with Gasteiger partial charge in [0.15, 0.2) is 0 Å². The predicted octanol–water partition coefficient (Wildman–Crippen LogP) is 2.14. The second-order valence-corrected chi connectivity index (χ2v) is 6.49. The lowest BCUT2D eigenvalue weighted by Gasteiger charge is -2.32. The van der Waals surface area contributed by atoms with E-state index in [0.29, 0.717) is 19.8 Å². The zero-order valence-corrected chi connectivity index (χ0v) is 11.4. The lowest BCUT2D eigenvalue weighted by molar-refractivity contribution is -0.0616. The lowest BCUT2D eigenvalue weighted by atomic mass is 9.94. The van der Waals surface area contributed by atoms with E-state index in [4.69, 9.17) is 4.74 Å². The Morgan fingerprint density at radius 3 is 2.88 bits per heavy atom. The first kappa shape index (κ1) is 12.5. The van der Waals surface area contributed by atoms with Gasteiger partial charge < -0.3 is 15.2 Å². The predicted molar refractivity (Wildman–Crippen MR) is 68.7 cm³/mol. The Labute approximate surface area is 108 Å². The van der Waals surface area contributed by atoms with Crippen molar-refractivity contribution in [2.45, 2.75) is 25.0 Å². The summed E-state index contributed by atoms with van der Waals surface area (Å²) >= 11 is 5.12. The molecule has 2 heterocycles.